The Morgan fingerprint density at radius 3 is 2.91 bits per heavy atom. The largest absolute Gasteiger partial charge is 0.315 e. The van der Waals surface area contributed by atoms with Crippen molar-refractivity contribution in [2.24, 2.45) is 0 Å². The molecule has 0 bridgehead atoms. The van der Waals surface area contributed by atoms with Crippen molar-refractivity contribution >= 4 is 29.3 Å². The van der Waals surface area contributed by atoms with E-state index in [0.29, 0.717) is 0 Å². The summed E-state index contributed by atoms with van der Waals surface area (Å²) in [6, 6.07) is 0. The Bertz CT molecular complexity index is 161. The average Bonchev–Trinajstić information content (AvgIpc) is 2.34. The number of halogens is 2. The van der Waals surface area contributed by atoms with Crippen molar-refractivity contribution in [1.82, 2.24) is 10.4 Å². The van der Waals surface area contributed by atoms with Gasteiger partial charge in [0.15, 0.2) is 0 Å². The summed E-state index contributed by atoms with van der Waals surface area (Å²) in [6.07, 6.45) is 4.97. The maximum Gasteiger partial charge on any atom is 0.237 e. The molecule has 0 saturated carbocycles. The molecule has 1 rings (SSSR count). The van der Waals surface area contributed by atoms with Gasteiger partial charge in [0.1, 0.15) is 0 Å². The second kappa shape index (κ2) is 5.41. The molecule has 1 aliphatic heterocycles. The average molecular weight is 197 g/mol. The molecule has 0 amide bonds. The van der Waals surface area contributed by atoms with Gasteiger partial charge in [-0.3, -0.25) is 4.79 Å². The summed E-state index contributed by atoms with van der Waals surface area (Å²) in [4.78, 5) is 10.3. The highest BCUT2D eigenvalue weighted by Crippen LogP contribution is 1.98. The number of hydrogen-bond acceptors (Lipinski definition) is 3. The minimum atomic E-state index is -0.361. The van der Waals surface area contributed by atoms with Crippen LogP contribution in [0.4, 0.5) is 0 Å². The van der Waals surface area contributed by atoms with E-state index in [2.05, 4.69) is 5.43 Å². The second-order valence-electron chi connectivity index (χ2n) is 2.06. The van der Waals surface area contributed by atoms with Crippen LogP contribution in [0.2, 0.25) is 0 Å². The van der Waals surface area contributed by atoms with Crippen molar-refractivity contribution in [3.05, 3.63) is 12.3 Å². The number of carbonyl (C=O) groups is 1. The van der Waals surface area contributed by atoms with Crippen molar-refractivity contribution in [2.45, 2.75) is 6.42 Å². The van der Waals surface area contributed by atoms with E-state index in [0.717, 1.165) is 13.0 Å². The first-order valence-electron chi connectivity index (χ1n) is 3.14. The van der Waals surface area contributed by atoms with Crippen LogP contribution in [0.3, 0.4) is 0 Å². The zero-order chi connectivity index (χ0) is 7.40. The Morgan fingerprint density at radius 2 is 2.45 bits per heavy atom. The van der Waals surface area contributed by atoms with Crippen LogP contribution >= 0.6 is 24.0 Å². The zero-order valence-electron chi connectivity index (χ0n) is 5.92. The number of rotatable bonds is 3. The Morgan fingerprint density at radius 1 is 1.73 bits per heavy atom. The van der Waals surface area contributed by atoms with Crippen LogP contribution in [0.1, 0.15) is 6.42 Å². The molecule has 0 aromatic heterocycles. The van der Waals surface area contributed by atoms with Gasteiger partial charge in [-0.2, -0.15) is 0 Å². The summed E-state index contributed by atoms with van der Waals surface area (Å²) < 4.78 is 0. The Hall–Kier alpha value is -0.250. The third-order valence-corrected chi connectivity index (χ3v) is 1.38. The molecule has 0 saturated heterocycles. The third-order valence-electron chi connectivity index (χ3n) is 1.24. The number of nitrogens with one attached hydrogen (secondary N) is 1. The van der Waals surface area contributed by atoms with E-state index in [9.17, 15) is 4.79 Å². The highest BCUT2D eigenvalue weighted by Gasteiger charge is 2.03. The Kier molecular flexibility index (Phi) is 5.28. The van der Waals surface area contributed by atoms with E-state index in [1.807, 2.05) is 17.3 Å². The third kappa shape index (κ3) is 4.24. The summed E-state index contributed by atoms with van der Waals surface area (Å²) in [7, 11) is 0. The highest BCUT2D eigenvalue weighted by molar-refractivity contribution is 6.64. The second-order valence-corrected chi connectivity index (χ2v) is 2.48. The monoisotopic (exact) mass is 196 g/mol. The summed E-state index contributed by atoms with van der Waals surface area (Å²) >= 11 is 5.10. The molecule has 0 spiro atoms. The van der Waals surface area contributed by atoms with Crippen molar-refractivity contribution < 1.29 is 4.79 Å². The topological polar surface area (TPSA) is 32.3 Å². The van der Waals surface area contributed by atoms with Gasteiger partial charge in [-0.1, -0.05) is 6.08 Å². The van der Waals surface area contributed by atoms with Gasteiger partial charge in [-0.25, -0.2) is 5.43 Å². The van der Waals surface area contributed by atoms with Crippen LogP contribution in [-0.2, 0) is 4.79 Å². The summed E-state index contributed by atoms with van der Waals surface area (Å²) in [5.74, 6) is 0. The molecule has 11 heavy (non-hydrogen) atoms. The fourth-order valence-electron chi connectivity index (χ4n) is 0.785. The van der Waals surface area contributed by atoms with E-state index in [-0.39, 0.29) is 24.2 Å². The Labute approximate surface area is 76.8 Å². The summed E-state index contributed by atoms with van der Waals surface area (Å²) in [5, 5.41) is 1.49. The van der Waals surface area contributed by atoms with E-state index >= 15 is 0 Å². The summed E-state index contributed by atoms with van der Waals surface area (Å²) in [6.45, 7) is 1.12. The van der Waals surface area contributed by atoms with Crippen molar-refractivity contribution in [3.63, 3.8) is 0 Å². The molecule has 64 valence electrons. The van der Waals surface area contributed by atoms with Crippen LogP contribution in [0.5, 0.6) is 0 Å². The Balaban J connectivity index is 0.000001000. The van der Waals surface area contributed by atoms with Gasteiger partial charge in [0.25, 0.3) is 0 Å². The minimum absolute atomic E-state index is 0. The maximum absolute atomic E-state index is 10.3. The molecule has 0 aliphatic carbocycles. The van der Waals surface area contributed by atoms with Gasteiger partial charge in [-0.15, -0.1) is 12.4 Å². The van der Waals surface area contributed by atoms with Gasteiger partial charge in [0.2, 0.25) is 5.24 Å². The van der Waals surface area contributed by atoms with Crippen LogP contribution in [0.25, 0.3) is 0 Å². The van der Waals surface area contributed by atoms with Crippen molar-refractivity contribution in [3.8, 4) is 0 Å². The lowest BCUT2D eigenvalue weighted by Gasteiger charge is -2.14. The maximum atomic E-state index is 10.3. The molecule has 1 aliphatic rings. The smallest absolute Gasteiger partial charge is 0.237 e. The fraction of sp³-hybridized carbons (Fsp3) is 0.500. The highest BCUT2D eigenvalue weighted by atomic mass is 35.5. The van der Waals surface area contributed by atoms with Gasteiger partial charge in [-0.05, 0) is 18.0 Å². The van der Waals surface area contributed by atoms with Crippen LogP contribution in [-0.4, -0.2) is 23.3 Å². The molecular weight excluding hydrogens is 187 g/mol. The molecule has 0 aromatic carbocycles. The predicted octanol–water partition coefficient (Wildman–Crippen LogP) is 0.898. The van der Waals surface area contributed by atoms with Gasteiger partial charge in [0, 0.05) is 12.7 Å². The standard InChI is InChI=1S/C6H9ClN2O.ClH/c7-6(10)5-8-9-3-1-2-4-9;/h1,3,8H,2,4-5H2;1H. The van der Waals surface area contributed by atoms with Crippen molar-refractivity contribution in [2.75, 3.05) is 13.1 Å². The van der Waals surface area contributed by atoms with E-state index < -0.39 is 0 Å². The number of hydrazine groups is 1. The SMILES string of the molecule is Cl.O=C(Cl)CNN1C=CCC1. The summed E-state index contributed by atoms with van der Waals surface area (Å²) in [5.41, 5.74) is 2.85. The lowest BCUT2D eigenvalue weighted by molar-refractivity contribution is -0.111. The fourth-order valence-corrected chi connectivity index (χ4v) is 0.845. The van der Waals surface area contributed by atoms with E-state index in [1.165, 1.54) is 0 Å². The van der Waals surface area contributed by atoms with Crippen LogP contribution in [0, 0.1) is 0 Å². The molecule has 3 nitrogen and oxygen atoms in total. The van der Waals surface area contributed by atoms with Gasteiger partial charge in [0.05, 0.1) is 6.54 Å². The molecule has 0 atom stereocenters. The van der Waals surface area contributed by atoms with E-state index in [4.69, 9.17) is 11.6 Å². The van der Waals surface area contributed by atoms with Crippen LogP contribution in [0.15, 0.2) is 12.3 Å². The van der Waals surface area contributed by atoms with Crippen molar-refractivity contribution in [1.29, 1.82) is 0 Å². The molecule has 5 heteroatoms. The lowest BCUT2D eigenvalue weighted by atomic mass is 10.5. The lowest BCUT2D eigenvalue weighted by Crippen LogP contribution is -2.34. The molecule has 1 heterocycles. The molecular formula is C6H10Cl2N2O. The quantitative estimate of drug-likeness (QED) is 0.682. The number of hydrogen-bond donors (Lipinski definition) is 1. The molecule has 0 fully saturated rings. The molecule has 0 radical (unpaired) electrons. The first-order valence-corrected chi connectivity index (χ1v) is 3.52. The first-order chi connectivity index (χ1) is 4.79. The zero-order valence-corrected chi connectivity index (χ0v) is 7.49. The van der Waals surface area contributed by atoms with Crippen LogP contribution < -0.4 is 5.43 Å². The predicted molar refractivity (Wildman–Crippen MR) is 46.6 cm³/mol. The minimum Gasteiger partial charge on any atom is -0.315 e. The van der Waals surface area contributed by atoms with Gasteiger partial charge < -0.3 is 5.01 Å². The molecule has 0 aromatic rings. The number of nitrogens with zero attached hydrogens (tertiary/aromatic N) is 1. The van der Waals surface area contributed by atoms with Gasteiger partial charge >= 0.3 is 0 Å². The molecule has 0 unspecified atom stereocenters. The first kappa shape index (κ1) is 10.8. The normalized spacial score (nSPS) is 14.8. The number of carbonyl (C=O) groups excluding carboxylic acids is 1. The molecule has 1 N–H and O–H groups in total. The van der Waals surface area contributed by atoms with E-state index in [1.54, 1.807) is 0 Å².